The van der Waals surface area contributed by atoms with Crippen LogP contribution < -0.4 is 0 Å². The lowest BCUT2D eigenvalue weighted by Gasteiger charge is -2.41. The number of hydrogen-bond donors (Lipinski definition) is 2. The second-order valence-corrected chi connectivity index (χ2v) is 5.76. The molecule has 4 rings (SSSR count). The van der Waals surface area contributed by atoms with E-state index < -0.39 is 53.0 Å². The molecule has 1 aromatic carbocycles. The van der Waals surface area contributed by atoms with Gasteiger partial charge in [-0.3, -0.25) is 9.80 Å². The van der Waals surface area contributed by atoms with Crippen molar-refractivity contribution in [1.82, 2.24) is 5.01 Å². The number of hydrogen-bond acceptors (Lipinski definition) is 7. The normalized spacial score (nSPS) is 26.7. The zero-order chi connectivity index (χ0) is 17.9. The number of aliphatic carboxylic acids is 2. The van der Waals surface area contributed by atoms with Gasteiger partial charge in [0.2, 0.25) is 0 Å². The first-order chi connectivity index (χ1) is 11.9. The van der Waals surface area contributed by atoms with Crippen molar-refractivity contribution in [2.24, 2.45) is 11.0 Å². The van der Waals surface area contributed by atoms with Gasteiger partial charge in [0.15, 0.2) is 6.04 Å². The van der Waals surface area contributed by atoms with Crippen LogP contribution in [-0.2, 0) is 23.9 Å². The first kappa shape index (κ1) is 15.1. The highest BCUT2D eigenvalue weighted by molar-refractivity contribution is 6.11. The number of carboxylic acid groups (broad SMARTS) is 2. The molecule has 0 aliphatic carbocycles. The molecule has 9 nitrogen and oxygen atoms in total. The fourth-order valence-corrected chi connectivity index (χ4v) is 3.56. The Kier molecular flexibility index (Phi) is 3.01. The molecule has 3 atom stereocenters. The average Bonchev–Trinajstić information content (AvgIpc) is 2.87. The summed E-state index contributed by atoms with van der Waals surface area (Å²) < 4.78 is 4.57. The topological polar surface area (TPSA) is 134 Å². The zero-order valence-corrected chi connectivity index (χ0v) is 12.4. The third kappa shape index (κ3) is 1.92. The van der Waals surface area contributed by atoms with Crippen LogP contribution in [0.4, 0.5) is 0 Å². The molecule has 0 bridgehead atoms. The molecule has 0 saturated carbocycles. The van der Waals surface area contributed by atoms with Gasteiger partial charge in [0.05, 0.1) is 17.4 Å². The Balaban J connectivity index is 2.05. The molecule has 0 aromatic heterocycles. The maximum absolute atomic E-state index is 12.1. The molecule has 2 N–H and O–H groups in total. The lowest BCUT2D eigenvalue weighted by Crippen LogP contribution is -2.51. The molecule has 3 aliphatic rings. The molecule has 126 valence electrons. The molecule has 9 heteroatoms. The van der Waals surface area contributed by atoms with Crippen LogP contribution >= 0.6 is 0 Å². The monoisotopic (exact) mass is 342 g/mol. The van der Waals surface area contributed by atoms with E-state index >= 15 is 0 Å². The van der Waals surface area contributed by atoms with Crippen LogP contribution in [0, 0.1) is 5.92 Å². The van der Waals surface area contributed by atoms with Crippen molar-refractivity contribution >= 4 is 30.1 Å². The summed E-state index contributed by atoms with van der Waals surface area (Å²) in [5.41, 5.74) is -0.0474. The third-order valence-corrected chi connectivity index (χ3v) is 4.52. The van der Waals surface area contributed by atoms with E-state index in [2.05, 4.69) is 9.84 Å². The van der Waals surface area contributed by atoms with E-state index in [0.717, 1.165) is 5.01 Å². The number of benzene rings is 1. The lowest BCUT2D eigenvalue weighted by molar-refractivity contribution is -0.154. The first-order valence-corrected chi connectivity index (χ1v) is 7.29. The smallest absolute Gasteiger partial charge is 0.339 e. The fraction of sp³-hybridized carbons (Fsp3) is 0.188. The second kappa shape index (κ2) is 5.00. The zero-order valence-electron chi connectivity index (χ0n) is 12.4. The van der Waals surface area contributed by atoms with Crippen LogP contribution in [-0.4, -0.2) is 51.4 Å². The molecule has 1 fully saturated rings. The summed E-state index contributed by atoms with van der Waals surface area (Å²) in [6.45, 7) is 0. The molecule has 3 unspecified atom stereocenters. The number of nitrogens with zero attached hydrogens (tertiary/aromatic N) is 2. The van der Waals surface area contributed by atoms with E-state index in [-0.39, 0.29) is 0 Å². The number of hydrazone groups is 1. The van der Waals surface area contributed by atoms with Gasteiger partial charge in [-0.25, -0.2) is 14.4 Å². The summed E-state index contributed by atoms with van der Waals surface area (Å²) in [7, 11) is 0. The van der Waals surface area contributed by atoms with Gasteiger partial charge in [0, 0.05) is 5.56 Å². The van der Waals surface area contributed by atoms with Crippen LogP contribution in [0.25, 0.3) is 0 Å². The minimum atomic E-state index is -1.58. The summed E-state index contributed by atoms with van der Waals surface area (Å²) >= 11 is 0. The van der Waals surface area contributed by atoms with Gasteiger partial charge in [-0.2, -0.15) is 5.10 Å². The molecule has 0 amide bonds. The van der Waals surface area contributed by atoms with E-state index in [1.807, 2.05) is 0 Å². The molecule has 1 saturated heterocycles. The molecule has 1 aromatic rings. The Morgan fingerprint density at radius 3 is 2.40 bits per heavy atom. The summed E-state index contributed by atoms with van der Waals surface area (Å²) in [4.78, 5) is 47.7. The van der Waals surface area contributed by atoms with Gasteiger partial charge >= 0.3 is 23.9 Å². The molecular formula is C16H10N2O7. The maximum Gasteiger partial charge on any atom is 0.339 e. The Morgan fingerprint density at radius 1 is 1.04 bits per heavy atom. The minimum absolute atomic E-state index is 0.485. The van der Waals surface area contributed by atoms with Gasteiger partial charge < -0.3 is 14.9 Å². The quantitative estimate of drug-likeness (QED) is 0.563. The molecule has 3 aliphatic heterocycles. The second-order valence-electron chi connectivity index (χ2n) is 5.76. The summed E-state index contributed by atoms with van der Waals surface area (Å²) in [6, 6.07) is 4.30. The Morgan fingerprint density at radius 2 is 1.72 bits per heavy atom. The van der Waals surface area contributed by atoms with Crippen molar-refractivity contribution in [2.75, 3.05) is 0 Å². The van der Waals surface area contributed by atoms with E-state index in [1.54, 1.807) is 24.3 Å². The minimum Gasteiger partial charge on any atom is -0.478 e. The van der Waals surface area contributed by atoms with Crippen molar-refractivity contribution in [3.8, 4) is 0 Å². The van der Waals surface area contributed by atoms with Crippen LogP contribution in [0.1, 0.15) is 17.2 Å². The van der Waals surface area contributed by atoms with E-state index in [4.69, 9.17) is 0 Å². The van der Waals surface area contributed by atoms with E-state index in [0.29, 0.717) is 11.1 Å². The number of carboxylic acids is 2. The van der Waals surface area contributed by atoms with Crippen molar-refractivity contribution in [2.45, 2.75) is 12.1 Å². The summed E-state index contributed by atoms with van der Waals surface area (Å²) in [6.07, 6.45) is 1.43. The maximum atomic E-state index is 12.1. The number of carbonyl (C=O) groups excluding carboxylic acids is 2. The summed E-state index contributed by atoms with van der Waals surface area (Å²) in [5.74, 6) is -6.64. The van der Waals surface area contributed by atoms with Crippen molar-refractivity contribution in [3.05, 3.63) is 46.5 Å². The predicted octanol–water partition coefficient (Wildman–Crippen LogP) is -0.0752. The lowest BCUT2D eigenvalue weighted by atomic mass is 9.78. The van der Waals surface area contributed by atoms with Gasteiger partial charge in [-0.15, -0.1) is 0 Å². The third-order valence-electron chi connectivity index (χ3n) is 4.52. The molecular weight excluding hydrogens is 332 g/mol. The molecule has 0 radical (unpaired) electrons. The standard InChI is InChI=1S/C16H10N2O7/c19-13(20)8-9(14(21)22)11-7-4-2-1-3-6(7)5-17-18(11)12-10(8)15(23)25-16(12)24/h1-5,10-12H,(H,19,20)(H,21,22). The highest BCUT2D eigenvalue weighted by Crippen LogP contribution is 2.47. The number of esters is 2. The molecule has 25 heavy (non-hydrogen) atoms. The van der Waals surface area contributed by atoms with Crippen LogP contribution in [0.3, 0.4) is 0 Å². The number of fused-ring (bicyclic) bond motifs is 5. The predicted molar refractivity (Wildman–Crippen MR) is 79.3 cm³/mol. The Labute approximate surface area is 139 Å². The van der Waals surface area contributed by atoms with E-state index in [9.17, 15) is 29.4 Å². The number of rotatable bonds is 2. The van der Waals surface area contributed by atoms with Gasteiger partial charge in [-0.1, -0.05) is 24.3 Å². The van der Waals surface area contributed by atoms with Crippen molar-refractivity contribution in [3.63, 3.8) is 0 Å². The SMILES string of the molecule is O=C(O)C1=C(C(=O)O)C2c3ccccc3C=NN2C2C(=O)OC(=O)C12. The van der Waals surface area contributed by atoms with Crippen LogP contribution in [0.5, 0.6) is 0 Å². The number of carbonyl (C=O) groups is 4. The molecule has 3 heterocycles. The Hall–Kier alpha value is -3.49. The fourth-order valence-electron chi connectivity index (χ4n) is 3.56. The van der Waals surface area contributed by atoms with Crippen molar-refractivity contribution in [1.29, 1.82) is 0 Å². The van der Waals surface area contributed by atoms with E-state index in [1.165, 1.54) is 6.21 Å². The first-order valence-electron chi connectivity index (χ1n) is 7.29. The summed E-state index contributed by atoms with van der Waals surface area (Å²) in [5, 5.41) is 24.5. The number of cyclic esters (lactones) is 2. The van der Waals surface area contributed by atoms with Crippen LogP contribution in [0.2, 0.25) is 0 Å². The van der Waals surface area contributed by atoms with Crippen molar-refractivity contribution < 1.29 is 34.1 Å². The van der Waals surface area contributed by atoms with Gasteiger partial charge in [0.25, 0.3) is 0 Å². The molecule has 0 spiro atoms. The van der Waals surface area contributed by atoms with Gasteiger partial charge in [-0.05, 0) is 5.56 Å². The Bertz CT molecular complexity index is 917. The largest absolute Gasteiger partial charge is 0.478 e. The number of ether oxygens (including phenoxy) is 1. The average molecular weight is 342 g/mol. The van der Waals surface area contributed by atoms with Gasteiger partial charge in [0.1, 0.15) is 12.0 Å². The highest BCUT2D eigenvalue weighted by atomic mass is 16.6. The van der Waals surface area contributed by atoms with Crippen LogP contribution in [0.15, 0.2) is 40.5 Å². The highest BCUT2D eigenvalue weighted by Gasteiger charge is 2.59.